The van der Waals surface area contributed by atoms with Crippen LogP contribution in [0, 0.1) is 0 Å². The van der Waals surface area contributed by atoms with E-state index in [1.165, 1.54) is 6.33 Å². The van der Waals surface area contributed by atoms with Crippen LogP contribution in [-0.2, 0) is 16.5 Å². The number of aromatic nitrogens is 2. The van der Waals surface area contributed by atoms with Gasteiger partial charge in [-0.2, -0.15) is 0 Å². The standard InChI is InChI=1S/C9H8N2O3S/c12-9-7-3-6(4-15(13)14)1-2-8(7)10-5-11-9/h1-3,5,15H,4H2,(H,10,11,12). The van der Waals surface area contributed by atoms with E-state index in [0.29, 0.717) is 16.5 Å². The molecule has 6 heteroatoms. The fourth-order valence-corrected chi connectivity index (χ4v) is 1.86. The zero-order valence-corrected chi connectivity index (χ0v) is 8.53. The van der Waals surface area contributed by atoms with Crippen LogP contribution in [0.1, 0.15) is 5.56 Å². The monoisotopic (exact) mass is 224 g/mol. The molecule has 2 rings (SSSR count). The summed E-state index contributed by atoms with van der Waals surface area (Å²) in [6.07, 6.45) is 1.32. The summed E-state index contributed by atoms with van der Waals surface area (Å²) < 4.78 is 21.1. The van der Waals surface area contributed by atoms with Crippen LogP contribution in [0.2, 0.25) is 0 Å². The van der Waals surface area contributed by atoms with Gasteiger partial charge in [-0.25, -0.2) is 13.4 Å². The topological polar surface area (TPSA) is 79.9 Å². The van der Waals surface area contributed by atoms with Crippen molar-refractivity contribution in [2.75, 3.05) is 0 Å². The zero-order valence-electron chi connectivity index (χ0n) is 7.64. The number of hydrogen-bond acceptors (Lipinski definition) is 4. The first-order chi connectivity index (χ1) is 7.16. The summed E-state index contributed by atoms with van der Waals surface area (Å²) in [5.41, 5.74) is 0.892. The summed E-state index contributed by atoms with van der Waals surface area (Å²) in [5, 5.41) is 0.409. The van der Waals surface area contributed by atoms with E-state index < -0.39 is 10.7 Å². The lowest BCUT2D eigenvalue weighted by Crippen LogP contribution is -2.06. The molecule has 0 amide bonds. The Kier molecular flexibility index (Phi) is 2.51. The summed E-state index contributed by atoms with van der Waals surface area (Å²) in [6.45, 7) is 0. The molecule has 1 aromatic carbocycles. The highest BCUT2D eigenvalue weighted by Crippen LogP contribution is 2.09. The highest BCUT2D eigenvalue weighted by atomic mass is 32.2. The number of nitrogens with one attached hydrogen (secondary N) is 1. The van der Waals surface area contributed by atoms with Crippen molar-refractivity contribution in [1.82, 2.24) is 9.97 Å². The number of H-pyrrole nitrogens is 1. The van der Waals surface area contributed by atoms with Gasteiger partial charge < -0.3 is 4.98 Å². The summed E-state index contributed by atoms with van der Waals surface area (Å²) in [6, 6.07) is 4.84. The third-order valence-corrected chi connectivity index (χ3v) is 2.64. The van der Waals surface area contributed by atoms with Gasteiger partial charge in [0.1, 0.15) is 10.7 Å². The minimum Gasteiger partial charge on any atom is -0.313 e. The first-order valence-corrected chi connectivity index (χ1v) is 5.61. The number of fused-ring (bicyclic) bond motifs is 1. The van der Waals surface area contributed by atoms with E-state index in [1.807, 2.05) is 0 Å². The molecule has 0 saturated carbocycles. The molecule has 15 heavy (non-hydrogen) atoms. The van der Waals surface area contributed by atoms with Gasteiger partial charge in [0.05, 0.1) is 23.0 Å². The Morgan fingerprint density at radius 1 is 1.33 bits per heavy atom. The lowest BCUT2D eigenvalue weighted by molar-refractivity contribution is 0.614. The predicted octanol–water partition coefficient (Wildman–Crippen LogP) is 0.0345. The van der Waals surface area contributed by atoms with Gasteiger partial charge >= 0.3 is 0 Å². The second-order valence-electron chi connectivity index (χ2n) is 3.07. The molecular weight excluding hydrogens is 216 g/mol. The van der Waals surface area contributed by atoms with E-state index in [0.717, 1.165) is 0 Å². The summed E-state index contributed by atoms with van der Waals surface area (Å²) in [4.78, 5) is 17.8. The summed E-state index contributed by atoms with van der Waals surface area (Å²) in [7, 11) is -2.47. The van der Waals surface area contributed by atoms with Crippen molar-refractivity contribution in [1.29, 1.82) is 0 Å². The maximum Gasteiger partial charge on any atom is 0.258 e. The van der Waals surface area contributed by atoms with Gasteiger partial charge in [0, 0.05) is 0 Å². The lowest BCUT2D eigenvalue weighted by Gasteiger charge is -1.98. The van der Waals surface area contributed by atoms with Crippen LogP contribution in [0.3, 0.4) is 0 Å². The molecule has 1 heterocycles. The number of rotatable bonds is 2. The third kappa shape index (κ3) is 2.04. The molecular formula is C9H8N2O3S. The Hall–Kier alpha value is -1.69. The summed E-state index contributed by atoms with van der Waals surface area (Å²) in [5.74, 6) is -0.0559. The Morgan fingerprint density at radius 2 is 2.13 bits per heavy atom. The van der Waals surface area contributed by atoms with Crippen LogP contribution in [0.15, 0.2) is 29.3 Å². The van der Waals surface area contributed by atoms with Crippen molar-refractivity contribution in [3.8, 4) is 0 Å². The van der Waals surface area contributed by atoms with E-state index in [1.54, 1.807) is 18.2 Å². The van der Waals surface area contributed by atoms with E-state index in [-0.39, 0.29) is 11.3 Å². The molecule has 0 aliphatic rings. The molecule has 78 valence electrons. The fourth-order valence-electron chi connectivity index (χ4n) is 1.36. The predicted molar refractivity (Wildman–Crippen MR) is 56.4 cm³/mol. The van der Waals surface area contributed by atoms with Crippen molar-refractivity contribution in [3.63, 3.8) is 0 Å². The van der Waals surface area contributed by atoms with Gasteiger partial charge in [-0.3, -0.25) is 4.79 Å². The number of nitrogens with zero attached hydrogens (tertiary/aromatic N) is 1. The second kappa shape index (κ2) is 3.82. The Bertz CT molecular complexity index is 623. The van der Waals surface area contributed by atoms with Crippen LogP contribution >= 0.6 is 0 Å². The molecule has 0 fully saturated rings. The molecule has 5 nitrogen and oxygen atoms in total. The van der Waals surface area contributed by atoms with Gasteiger partial charge in [-0.05, 0) is 17.7 Å². The molecule has 0 radical (unpaired) electrons. The highest BCUT2D eigenvalue weighted by Gasteiger charge is 2.01. The van der Waals surface area contributed by atoms with Crippen LogP contribution in [0.5, 0.6) is 0 Å². The van der Waals surface area contributed by atoms with E-state index >= 15 is 0 Å². The first kappa shape index (κ1) is 9.85. The summed E-state index contributed by atoms with van der Waals surface area (Å²) >= 11 is 0. The first-order valence-electron chi connectivity index (χ1n) is 4.25. The Morgan fingerprint density at radius 3 is 2.87 bits per heavy atom. The maximum atomic E-state index is 11.4. The molecule has 0 atom stereocenters. The van der Waals surface area contributed by atoms with E-state index in [9.17, 15) is 13.2 Å². The molecule has 0 bridgehead atoms. The number of aromatic amines is 1. The second-order valence-corrected chi connectivity index (χ2v) is 4.06. The smallest absolute Gasteiger partial charge is 0.258 e. The average Bonchev–Trinajstić information content (AvgIpc) is 2.18. The Balaban J connectivity index is 2.64. The van der Waals surface area contributed by atoms with Crippen molar-refractivity contribution >= 4 is 21.6 Å². The molecule has 0 aliphatic carbocycles. The molecule has 0 unspecified atom stereocenters. The quantitative estimate of drug-likeness (QED) is 0.705. The normalized spacial score (nSPS) is 11.0. The van der Waals surface area contributed by atoms with Crippen LogP contribution in [0.25, 0.3) is 10.9 Å². The lowest BCUT2D eigenvalue weighted by atomic mass is 10.2. The van der Waals surface area contributed by atoms with E-state index in [4.69, 9.17) is 0 Å². The minimum atomic E-state index is -2.47. The van der Waals surface area contributed by atoms with Gasteiger partial charge in [-0.15, -0.1) is 0 Å². The number of hydrogen-bond donors (Lipinski definition) is 2. The van der Waals surface area contributed by atoms with Gasteiger partial charge in [0.25, 0.3) is 5.56 Å². The van der Waals surface area contributed by atoms with Crippen molar-refractivity contribution in [2.45, 2.75) is 5.75 Å². The SMILES string of the molecule is O=c1[nH]cnc2ccc(C[SH](=O)=O)cc12. The number of thiol groups is 1. The van der Waals surface area contributed by atoms with Crippen LogP contribution in [0.4, 0.5) is 0 Å². The third-order valence-electron chi connectivity index (χ3n) is 2.02. The van der Waals surface area contributed by atoms with Crippen LogP contribution < -0.4 is 5.56 Å². The van der Waals surface area contributed by atoms with Crippen LogP contribution in [-0.4, -0.2) is 18.4 Å². The maximum absolute atomic E-state index is 11.4. The van der Waals surface area contributed by atoms with E-state index in [2.05, 4.69) is 9.97 Å². The van der Waals surface area contributed by atoms with Crippen molar-refractivity contribution in [3.05, 3.63) is 40.4 Å². The molecule has 1 aromatic heterocycles. The molecule has 2 aromatic rings. The van der Waals surface area contributed by atoms with Gasteiger partial charge in [-0.1, -0.05) is 6.07 Å². The average molecular weight is 224 g/mol. The van der Waals surface area contributed by atoms with Gasteiger partial charge in [0.15, 0.2) is 0 Å². The fraction of sp³-hybridized carbons (Fsp3) is 0.111. The minimum absolute atomic E-state index is 0.0559. The number of benzene rings is 1. The van der Waals surface area contributed by atoms with Crippen molar-refractivity contribution in [2.24, 2.45) is 0 Å². The zero-order chi connectivity index (χ0) is 10.8. The molecule has 0 aliphatic heterocycles. The Labute approximate surface area is 86.7 Å². The molecule has 0 saturated heterocycles. The van der Waals surface area contributed by atoms with Gasteiger partial charge in [0.2, 0.25) is 0 Å². The highest BCUT2D eigenvalue weighted by molar-refractivity contribution is 7.71. The molecule has 0 spiro atoms. The largest absolute Gasteiger partial charge is 0.313 e. The van der Waals surface area contributed by atoms with Crippen molar-refractivity contribution < 1.29 is 8.42 Å². The molecule has 1 N–H and O–H groups in total.